The predicted molar refractivity (Wildman–Crippen MR) is 101 cm³/mol. The van der Waals surface area contributed by atoms with Gasteiger partial charge in [-0.05, 0) is 32.6 Å². The van der Waals surface area contributed by atoms with E-state index in [-0.39, 0.29) is 17.7 Å². The number of methoxy groups -OCH3 is 1. The van der Waals surface area contributed by atoms with Crippen LogP contribution in [0.25, 0.3) is 0 Å². The Morgan fingerprint density at radius 3 is 2.21 bits per heavy atom. The van der Waals surface area contributed by atoms with Crippen molar-refractivity contribution in [2.24, 2.45) is 5.92 Å². The summed E-state index contributed by atoms with van der Waals surface area (Å²) in [6.07, 6.45) is 18.7. The Kier molecular flexibility index (Phi) is 15.9. The Hall–Kier alpha value is -1.12. The quantitative estimate of drug-likeness (QED) is 0.196. The number of esters is 1. The van der Waals surface area contributed by atoms with Crippen molar-refractivity contribution < 1.29 is 14.3 Å². The molecule has 0 aliphatic rings. The number of ketones is 1. The lowest BCUT2D eigenvalue weighted by atomic mass is 9.96. The van der Waals surface area contributed by atoms with Crippen molar-refractivity contribution in [2.75, 3.05) is 7.11 Å². The van der Waals surface area contributed by atoms with Crippen LogP contribution >= 0.6 is 0 Å². The number of carbonyl (C=O) groups excluding carboxylic acids is 2. The van der Waals surface area contributed by atoms with Gasteiger partial charge in [0.2, 0.25) is 0 Å². The van der Waals surface area contributed by atoms with E-state index in [4.69, 9.17) is 0 Å². The molecule has 0 aromatic carbocycles. The smallest absolute Gasteiger partial charge is 0.305 e. The van der Waals surface area contributed by atoms with E-state index in [1.807, 2.05) is 0 Å². The van der Waals surface area contributed by atoms with Crippen molar-refractivity contribution in [3.05, 3.63) is 12.2 Å². The van der Waals surface area contributed by atoms with E-state index in [9.17, 15) is 9.59 Å². The Bertz CT molecular complexity index is 347. The number of allylic oxidation sites excluding steroid dienone is 2. The molecule has 0 fully saturated rings. The standard InChI is InChI=1S/C21H38O3/c1-4-5-6-7-10-13-16-20(19(2)22)17-14-11-8-9-12-15-18-21(23)24-3/h14,17,20H,4-13,15-16,18H2,1-3H3/b17-14+. The molecule has 1 unspecified atom stereocenters. The molecule has 140 valence electrons. The molecule has 0 aliphatic carbocycles. The first kappa shape index (κ1) is 22.9. The van der Waals surface area contributed by atoms with Crippen LogP contribution in [0.5, 0.6) is 0 Å². The Morgan fingerprint density at radius 1 is 0.917 bits per heavy atom. The van der Waals surface area contributed by atoms with Crippen LogP contribution < -0.4 is 0 Å². The van der Waals surface area contributed by atoms with Crippen LogP contribution in [-0.2, 0) is 14.3 Å². The fourth-order valence-corrected chi connectivity index (χ4v) is 2.83. The van der Waals surface area contributed by atoms with Crippen molar-refractivity contribution in [3.8, 4) is 0 Å². The van der Waals surface area contributed by atoms with Gasteiger partial charge in [0.15, 0.2) is 0 Å². The van der Waals surface area contributed by atoms with E-state index in [2.05, 4.69) is 23.8 Å². The van der Waals surface area contributed by atoms with Gasteiger partial charge in [0.1, 0.15) is 5.78 Å². The summed E-state index contributed by atoms with van der Waals surface area (Å²) in [5, 5.41) is 0. The second-order valence-corrected chi connectivity index (χ2v) is 6.73. The van der Waals surface area contributed by atoms with Gasteiger partial charge in [0.25, 0.3) is 0 Å². The summed E-state index contributed by atoms with van der Waals surface area (Å²) < 4.78 is 4.62. The molecule has 0 aromatic heterocycles. The molecule has 0 saturated carbocycles. The summed E-state index contributed by atoms with van der Waals surface area (Å²) in [5.41, 5.74) is 0. The number of carbonyl (C=O) groups is 2. The highest BCUT2D eigenvalue weighted by atomic mass is 16.5. The van der Waals surface area contributed by atoms with Crippen LogP contribution in [0.1, 0.15) is 97.3 Å². The Balaban J connectivity index is 3.69. The summed E-state index contributed by atoms with van der Waals surface area (Å²) in [5.74, 6) is 0.280. The second kappa shape index (κ2) is 16.7. The van der Waals surface area contributed by atoms with Crippen molar-refractivity contribution in [1.82, 2.24) is 0 Å². The number of rotatable bonds is 16. The lowest BCUT2D eigenvalue weighted by Crippen LogP contribution is -2.07. The summed E-state index contributed by atoms with van der Waals surface area (Å²) in [6, 6.07) is 0. The van der Waals surface area contributed by atoms with Gasteiger partial charge in [0, 0.05) is 12.3 Å². The van der Waals surface area contributed by atoms with Crippen molar-refractivity contribution in [3.63, 3.8) is 0 Å². The minimum atomic E-state index is -0.117. The van der Waals surface area contributed by atoms with Crippen LogP contribution in [0.2, 0.25) is 0 Å². The van der Waals surface area contributed by atoms with E-state index in [1.165, 1.54) is 39.2 Å². The molecule has 3 nitrogen and oxygen atoms in total. The maximum atomic E-state index is 11.7. The van der Waals surface area contributed by atoms with E-state index in [0.717, 1.165) is 44.9 Å². The lowest BCUT2D eigenvalue weighted by Gasteiger charge is -2.09. The number of hydrogen-bond donors (Lipinski definition) is 0. The molecular formula is C21H38O3. The molecule has 1 atom stereocenters. The first-order valence-corrected chi connectivity index (χ1v) is 9.85. The average molecular weight is 339 g/mol. The first-order chi connectivity index (χ1) is 11.6. The van der Waals surface area contributed by atoms with Crippen LogP contribution in [0.15, 0.2) is 12.2 Å². The van der Waals surface area contributed by atoms with Gasteiger partial charge < -0.3 is 4.74 Å². The van der Waals surface area contributed by atoms with Crippen molar-refractivity contribution >= 4 is 11.8 Å². The Morgan fingerprint density at radius 2 is 1.54 bits per heavy atom. The van der Waals surface area contributed by atoms with Gasteiger partial charge in [-0.15, -0.1) is 0 Å². The summed E-state index contributed by atoms with van der Waals surface area (Å²) in [4.78, 5) is 22.7. The fraction of sp³-hybridized carbons (Fsp3) is 0.810. The second-order valence-electron chi connectivity index (χ2n) is 6.73. The minimum absolute atomic E-state index is 0.107. The first-order valence-electron chi connectivity index (χ1n) is 9.85. The number of Topliss-reactive ketones (excluding diaryl/α,β-unsaturated/α-hetero) is 1. The number of unbranched alkanes of at least 4 members (excludes halogenated alkanes) is 9. The van der Waals surface area contributed by atoms with E-state index < -0.39 is 0 Å². The maximum Gasteiger partial charge on any atom is 0.305 e. The molecular weight excluding hydrogens is 300 g/mol. The van der Waals surface area contributed by atoms with Crippen molar-refractivity contribution in [2.45, 2.75) is 97.3 Å². The van der Waals surface area contributed by atoms with E-state index >= 15 is 0 Å². The lowest BCUT2D eigenvalue weighted by molar-refractivity contribution is -0.140. The summed E-state index contributed by atoms with van der Waals surface area (Å²) in [7, 11) is 1.43. The molecule has 0 radical (unpaired) electrons. The molecule has 0 aliphatic heterocycles. The third kappa shape index (κ3) is 14.5. The van der Waals surface area contributed by atoms with Gasteiger partial charge >= 0.3 is 5.97 Å². The number of hydrogen-bond acceptors (Lipinski definition) is 3. The zero-order valence-electron chi connectivity index (χ0n) is 16.1. The zero-order valence-corrected chi connectivity index (χ0v) is 16.1. The molecule has 0 aromatic rings. The van der Waals surface area contributed by atoms with Gasteiger partial charge in [-0.25, -0.2) is 0 Å². The maximum absolute atomic E-state index is 11.7. The molecule has 3 heteroatoms. The highest BCUT2D eigenvalue weighted by Crippen LogP contribution is 2.15. The highest BCUT2D eigenvalue weighted by molar-refractivity contribution is 5.79. The van der Waals surface area contributed by atoms with Crippen molar-refractivity contribution in [1.29, 1.82) is 0 Å². The highest BCUT2D eigenvalue weighted by Gasteiger charge is 2.09. The molecule has 0 heterocycles. The topological polar surface area (TPSA) is 43.4 Å². The van der Waals surface area contributed by atoms with Crippen LogP contribution in [0.3, 0.4) is 0 Å². The van der Waals surface area contributed by atoms with E-state index in [0.29, 0.717) is 6.42 Å². The largest absolute Gasteiger partial charge is 0.469 e. The number of ether oxygens (including phenoxy) is 1. The van der Waals surface area contributed by atoms with Gasteiger partial charge in [0.05, 0.1) is 7.11 Å². The zero-order chi connectivity index (χ0) is 18.0. The fourth-order valence-electron chi connectivity index (χ4n) is 2.83. The summed E-state index contributed by atoms with van der Waals surface area (Å²) >= 11 is 0. The Labute approximate surface area is 149 Å². The van der Waals surface area contributed by atoms with E-state index in [1.54, 1.807) is 6.92 Å². The average Bonchev–Trinajstić information content (AvgIpc) is 2.57. The molecule has 0 N–H and O–H groups in total. The summed E-state index contributed by atoms with van der Waals surface area (Å²) in [6.45, 7) is 3.94. The predicted octanol–water partition coefficient (Wildman–Crippen LogP) is 6.01. The van der Waals surface area contributed by atoms with Gasteiger partial charge in [-0.2, -0.15) is 0 Å². The third-order valence-corrected chi connectivity index (χ3v) is 4.49. The minimum Gasteiger partial charge on any atom is -0.469 e. The molecule has 24 heavy (non-hydrogen) atoms. The molecule has 0 spiro atoms. The van der Waals surface area contributed by atoms with Crippen LogP contribution in [-0.4, -0.2) is 18.9 Å². The molecule has 0 bridgehead atoms. The van der Waals surface area contributed by atoms with Crippen LogP contribution in [0, 0.1) is 5.92 Å². The molecule has 0 amide bonds. The third-order valence-electron chi connectivity index (χ3n) is 4.49. The van der Waals surface area contributed by atoms with Gasteiger partial charge in [-0.3, -0.25) is 9.59 Å². The monoisotopic (exact) mass is 338 g/mol. The van der Waals surface area contributed by atoms with Crippen LogP contribution in [0.4, 0.5) is 0 Å². The SMILES string of the molecule is CCCCCCCCC(/C=C/CCCCCCC(=O)OC)C(C)=O. The normalized spacial score (nSPS) is 12.5. The molecule has 0 rings (SSSR count). The van der Waals surface area contributed by atoms with Gasteiger partial charge in [-0.1, -0.05) is 70.4 Å². The molecule has 0 saturated heterocycles.